The number of hydrogen-bond donors (Lipinski definition) is 1. The Labute approximate surface area is 135 Å². The van der Waals surface area contributed by atoms with Crippen molar-refractivity contribution in [1.82, 2.24) is 5.32 Å². The smallest absolute Gasteiger partial charge is 0.407 e. The predicted octanol–water partition coefficient (Wildman–Crippen LogP) is 3.49. The normalized spacial score (nSPS) is 23.0. The number of hydrogen-bond acceptors (Lipinski definition) is 3. The molecule has 122 valence electrons. The molecule has 0 spiro atoms. The highest BCUT2D eigenvalue weighted by atomic mass is 32.2. The maximum absolute atomic E-state index is 12.4. The van der Waals surface area contributed by atoms with Gasteiger partial charge < -0.3 is 10.1 Å². The highest BCUT2D eigenvalue weighted by Gasteiger charge is 2.31. The van der Waals surface area contributed by atoms with E-state index in [-0.39, 0.29) is 18.1 Å². The predicted molar refractivity (Wildman–Crippen MR) is 88.2 cm³/mol. The molecule has 0 saturated heterocycles. The quantitative estimate of drug-likeness (QED) is 0.923. The zero-order valence-electron chi connectivity index (χ0n) is 13.5. The molecule has 1 aliphatic carbocycles. The van der Waals surface area contributed by atoms with E-state index in [4.69, 9.17) is 4.74 Å². The maximum Gasteiger partial charge on any atom is 0.407 e. The summed E-state index contributed by atoms with van der Waals surface area (Å²) >= 11 is 0. The van der Waals surface area contributed by atoms with Crippen molar-refractivity contribution in [2.75, 3.05) is 5.75 Å². The van der Waals surface area contributed by atoms with Crippen LogP contribution in [-0.4, -0.2) is 27.7 Å². The van der Waals surface area contributed by atoms with E-state index in [9.17, 15) is 9.00 Å². The molecule has 2 rings (SSSR count). The minimum atomic E-state index is -1.02. The van der Waals surface area contributed by atoms with Crippen molar-refractivity contribution in [2.24, 2.45) is 5.92 Å². The molecule has 1 saturated carbocycles. The van der Waals surface area contributed by atoms with E-state index in [1.54, 1.807) is 0 Å². The van der Waals surface area contributed by atoms with Crippen LogP contribution < -0.4 is 5.32 Å². The molecular weight excluding hydrogens is 298 g/mol. The molecule has 4 nitrogen and oxygen atoms in total. The SMILES string of the molecule is CC(C)(C)OC(=O)N[C@@H]1CCC[C@@H]1CS(=O)c1ccccc1. The molecule has 1 amide bonds. The number of benzene rings is 1. The van der Waals surface area contributed by atoms with Crippen molar-refractivity contribution >= 4 is 16.9 Å². The fraction of sp³-hybridized carbons (Fsp3) is 0.588. The lowest BCUT2D eigenvalue weighted by Gasteiger charge is -2.24. The zero-order valence-corrected chi connectivity index (χ0v) is 14.3. The molecule has 1 aromatic carbocycles. The maximum atomic E-state index is 12.4. The minimum Gasteiger partial charge on any atom is -0.444 e. The number of nitrogens with one attached hydrogen (secondary N) is 1. The molecule has 1 unspecified atom stereocenters. The molecule has 22 heavy (non-hydrogen) atoms. The Hall–Kier alpha value is -1.36. The van der Waals surface area contributed by atoms with Crippen molar-refractivity contribution in [1.29, 1.82) is 0 Å². The summed E-state index contributed by atoms with van der Waals surface area (Å²) in [5, 5.41) is 2.95. The van der Waals surface area contributed by atoms with E-state index in [0.29, 0.717) is 5.75 Å². The third-order valence-corrected chi connectivity index (χ3v) is 5.26. The summed E-state index contributed by atoms with van der Waals surface area (Å²) in [7, 11) is -1.02. The summed E-state index contributed by atoms with van der Waals surface area (Å²) in [5.41, 5.74) is -0.495. The van der Waals surface area contributed by atoms with Crippen LogP contribution in [0.15, 0.2) is 35.2 Å². The highest BCUT2D eigenvalue weighted by Crippen LogP contribution is 2.28. The molecule has 1 aromatic rings. The van der Waals surface area contributed by atoms with Crippen molar-refractivity contribution in [3.8, 4) is 0 Å². The summed E-state index contributed by atoms with van der Waals surface area (Å²) in [5.74, 6) is 0.832. The van der Waals surface area contributed by atoms with Gasteiger partial charge in [-0.05, 0) is 51.7 Å². The zero-order chi connectivity index (χ0) is 16.2. The van der Waals surface area contributed by atoms with E-state index in [2.05, 4.69) is 5.32 Å². The number of carbonyl (C=O) groups excluding carboxylic acids is 1. The Morgan fingerprint density at radius 3 is 2.59 bits per heavy atom. The van der Waals surface area contributed by atoms with E-state index in [0.717, 1.165) is 24.2 Å². The molecule has 0 aromatic heterocycles. The van der Waals surface area contributed by atoms with Crippen molar-refractivity contribution < 1.29 is 13.7 Å². The van der Waals surface area contributed by atoms with Gasteiger partial charge in [0.15, 0.2) is 0 Å². The van der Waals surface area contributed by atoms with E-state index in [1.807, 2.05) is 51.1 Å². The Morgan fingerprint density at radius 2 is 1.95 bits per heavy atom. The first-order chi connectivity index (χ1) is 10.3. The molecule has 0 radical (unpaired) electrons. The van der Waals surface area contributed by atoms with Gasteiger partial charge in [-0.2, -0.15) is 0 Å². The molecule has 0 heterocycles. The van der Waals surface area contributed by atoms with Crippen LogP contribution in [0.3, 0.4) is 0 Å². The van der Waals surface area contributed by atoms with Gasteiger partial charge >= 0.3 is 6.09 Å². The standard InChI is InChI=1S/C17H25NO3S/c1-17(2,3)21-16(19)18-15-11-7-8-13(15)12-22(20)14-9-5-4-6-10-14/h4-6,9-10,13,15H,7-8,11-12H2,1-3H3,(H,18,19)/t13-,15-,22?/m1/s1. The van der Waals surface area contributed by atoms with Crippen LogP contribution in [0.1, 0.15) is 40.0 Å². The van der Waals surface area contributed by atoms with Gasteiger partial charge in [0.25, 0.3) is 0 Å². The van der Waals surface area contributed by atoms with Crippen LogP contribution in [0.4, 0.5) is 4.79 Å². The number of carbonyl (C=O) groups is 1. The number of ether oxygens (including phenoxy) is 1. The molecule has 0 bridgehead atoms. The molecule has 1 fully saturated rings. The number of amides is 1. The molecule has 5 heteroatoms. The van der Waals surface area contributed by atoms with Gasteiger partial charge in [0.05, 0.1) is 10.8 Å². The van der Waals surface area contributed by atoms with Crippen molar-refractivity contribution in [3.63, 3.8) is 0 Å². The largest absolute Gasteiger partial charge is 0.444 e. The van der Waals surface area contributed by atoms with Gasteiger partial charge in [0.2, 0.25) is 0 Å². The average molecular weight is 323 g/mol. The third-order valence-electron chi connectivity index (χ3n) is 3.73. The van der Waals surface area contributed by atoms with Crippen LogP contribution in [0.5, 0.6) is 0 Å². The van der Waals surface area contributed by atoms with Gasteiger partial charge in [0.1, 0.15) is 5.60 Å². The van der Waals surface area contributed by atoms with E-state index in [1.165, 1.54) is 0 Å². The summed E-state index contributed by atoms with van der Waals surface area (Å²) < 4.78 is 17.7. The van der Waals surface area contributed by atoms with Crippen LogP contribution in [-0.2, 0) is 15.5 Å². The second kappa shape index (κ2) is 7.27. The molecule has 3 atom stereocenters. The first-order valence-corrected chi connectivity index (χ1v) is 9.10. The van der Waals surface area contributed by atoms with Crippen LogP contribution >= 0.6 is 0 Å². The first-order valence-electron chi connectivity index (χ1n) is 7.78. The minimum absolute atomic E-state index is 0.0579. The van der Waals surface area contributed by atoms with Crippen LogP contribution in [0, 0.1) is 5.92 Å². The highest BCUT2D eigenvalue weighted by molar-refractivity contribution is 7.85. The van der Waals surface area contributed by atoms with Crippen LogP contribution in [0.25, 0.3) is 0 Å². The Morgan fingerprint density at radius 1 is 1.27 bits per heavy atom. The lowest BCUT2D eigenvalue weighted by atomic mass is 10.1. The van der Waals surface area contributed by atoms with Gasteiger partial charge in [-0.3, -0.25) is 4.21 Å². The molecule has 1 N–H and O–H groups in total. The molecular formula is C17H25NO3S. The summed E-state index contributed by atoms with van der Waals surface area (Å²) in [4.78, 5) is 12.8. The fourth-order valence-corrected chi connectivity index (χ4v) is 4.19. The third kappa shape index (κ3) is 5.13. The average Bonchev–Trinajstić information content (AvgIpc) is 2.84. The Balaban J connectivity index is 1.91. The second-order valence-corrected chi connectivity index (χ2v) is 8.26. The summed E-state index contributed by atoms with van der Waals surface area (Å²) in [6.07, 6.45) is 2.60. The number of alkyl carbamates (subject to hydrolysis) is 1. The lowest BCUT2D eigenvalue weighted by molar-refractivity contribution is 0.0495. The van der Waals surface area contributed by atoms with Gasteiger partial charge in [0, 0.05) is 16.7 Å². The van der Waals surface area contributed by atoms with Crippen LogP contribution in [0.2, 0.25) is 0 Å². The second-order valence-electron chi connectivity index (χ2n) is 6.77. The summed E-state index contributed by atoms with van der Waals surface area (Å²) in [6.45, 7) is 5.55. The van der Waals surface area contributed by atoms with Crippen molar-refractivity contribution in [3.05, 3.63) is 30.3 Å². The van der Waals surface area contributed by atoms with E-state index < -0.39 is 16.4 Å². The Kier molecular flexibility index (Phi) is 5.62. The lowest BCUT2D eigenvalue weighted by Crippen LogP contribution is -2.42. The summed E-state index contributed by atoms with van der Waals surface area (Å²) in [6, 6.07) is 9.56. The van der Waals surface area contributed by atoms with Gasteiger partial charge in [-0.25, -0.2) is 4.79 Å². The first kappa shape index (κ1) is 17.0. The topological polar surface area (TPSA) is 55.4 Å². The monoisotopic (exact) mass is 323 g/mol. The molecule has 1 aliphatic rings. The van der Waals surface area contributed by atoms with Gasteiger partial charge in [-0.15, -0.1) is 0 Å². The fourth-order valence-electron chi connectivity index (χ4n) is 2.75. The molecule has 0 aliphatic heterocycles. The Bertz CT molecular complexity index is 524. The van der Waals surface area contributed by atoms with Crippen molar-refractivity contribution in [2.45, 2.75) is 56.6 Å². The van der Waals surface area contributed by atoms with Gasteiger partial charge in [-0.1, -0.05) is 24.6 Å². The van der Waals surface area contributed by atoms with E-state index >= 15 is 0 Å². The number of rotatable bonds is 4.